The van der Waals surface area contributed by atoms with Crippen LogP contribution in [0.3, 0.4) is 0 Å². The third-order valence-corrected chi connectivity index (χ3v) is 3.44. The van der Waals surface area contributed by atoms with E-state index in [0.717, 1.165) is 30.0 Å². The lowest BCUT2D eigenvalue weighted by molar-refractivity contribution is 0.408. The summed E-state index contributed by atoms with van der Waals surface area (Å²) in [6, 6.07) is 11.5. The van der Waals surface area contributed by atoms with Crippen LogP contribution < -0.4 is 15.6 Å². The zero-order valence-corrected chi connectivity index (χ0v) is 12.8. The smallest absolute Gasteiger partial charge is 0.250 e. The Kier molecular flexibility index (Phi) is 5.04. The summed E-state index contributed by atoms with van der Waals surface area (Å²) in [5.41, 5.74) is 2.06. The highest BCUT2D eigenvalue weighted by atomic mass is 16.5. The minimum absolute atomic E-state index is 0.0346. The number of methoxy groups -OCH3 is 1. The summed E-state index contributed by atoms with van der Waals surface area (Å²) in [6.45, 7) is 4.87. The number of benzene rings is 1. The number of hydrogen-bond acceptors (Lipinski definition) is 3. The van der Waals surface area contributed by atoms with Crippen LogP contribution in [0.1, 0.15) is 31.9 Å². The van der Waals surface area contributed by atoms with Gasteiger partial charge in [-0.25, -0.2) is 0 Å². The van der Waals surface area contributed by atoms with Crippen molar-refractivity contribution < 1.29 is 4.74 Å². The number of pyridine rings is 1. The van der Waals surface area contributed by atoms with E-state index in [9.17, 15) is 4.79 Å². The summed E-state index contributed by atoms with van der Waals surface area (Å²) in [4.78, 5) is 11.7. The van der Waals surface area contributed by atoms with Gasteiger partial charge in [-0.05, 0) is 25.5 Å². The van der Waals surface area contributed by atoms with Gasteiger partial charge in [0.2, 0.25) is 0 Å². The third-order valence-electron chi connectivity index (χ3n) is 3.44. The minimum atomic E-state index is 0.0346. The first kappa shape index (κ1) is 15.2. The van der Waals surface area contributed by atoms with Crippen molar-refractivity contribution in [2.45, 2.75) is 32.9 Å². The molecule has 1 aromatic carbocycles. The van der Waals surface area contributed by atoms with Gasteiger partial charge in [-0.3, -0.25) is 4.79 Å². The van der Waals surface area contributed by atoms with Crippen LogP contribution in [0, 0.1) is 0 Å². The topological polar surface area (TPSA) is 43.3 Å². The summed E-state index contributed by atoms with van der Waals surface area (Å²) in [6.07, 6.45) is 2.81. The number of anilines is 1. The molecule has 0 bridgehead atoms. The highest BCUT2D eigenvalue weighted by Gasteiger charge is 2.11. The molecule has 0 amide bonds. The summed E-state index contributed by atoms with van der Waals surface area (Å²) in [7, 11) is 1.67. The Labute approximate surface area is 125 Å². The average molecular weight is 286 g/mol. The first-order chi connectivity index (χ1) is 10.2. The molecule has 4 nitrogen and oxygen atoms in total. The molecule has 2 rings (SSSR count). The molecule has 1 aromatic heterocycles. The van der Waals surface area contributed by atoms with Crippen LogP contribution in [0.25, 0.3) is 0 Å². The quantitative estimate of drug-likeness (QED) is 0.884. The molecule has 112 valence electrons. The number of hydrogen-bond donors (Lipinski definition) is 1. The number of para-hydroxylation sites is 1. The van der Waals surface area contributed by atoms with E-state index in [1.807, 2.05) is 36.5 Å². The molecule has 0 spiro atoms. The van der Waals surface area contributed by atoms with Gasteiger partial charge in [0.1, 0.15) is 5.75 Å². The number of ether oxygens (including phenoxy) is 1. The molecule has 1 N–H and O–H groups in total. The Hall–Kier alpha value is -2.23. The lowest BCUT2D eigenvalue weighted by Gasteiger charge is -2.19. The maximum absolute atomic E-state index is 11.7. The molecule has 21 heavy (non-hydrogen) atoms. The van der Waals surface area contributed by atoms with E-state index in [2.05, 4.69) is 19.2 Å². The van der Waals surface area contributed by atoms with Crippen molar-refractivity contribution in [2.75, 3.05) is 12.4 Å². The SMILES string of the molecule is CCCn1cc(NC(C)c2ccccc2OC)ccc1=O. The average Bonchev–Trinajstić information content (AvgIpc) is 2.50. The van der Waals surface area contributed by atoms with Gasteiger partial charge in [0.25, 0.3) is 5.56 Å². The van der Waals surface area contributed by atoms with Gasteiger partial charge in [-0.15, -0.1) is 0 Å². The van der Waals surface area contributed by atoms with Gasteiger partial charge < -0.3 is 14.6 Å². The van der Waals surface area contributed by atoms with E-state index < -0.39 is 0 Å². The molecule has 0 aliphatic rings. The molecule has 0 aliphatic heterocycles. The first-order valence-corrected chi connectivity index (χ1v) is 7.25. The fourth-order valence-corrected chi connectivity index (χ4v) is 2.38. The second kappa shape index (κ2) is 6.97. The van der Waals surface area contributed by atoms with Crippen LogP contribution in [-0.2, 0) is 6.54 Å². The minimum Gasteiger partial charge on any atom is -0.496 e. The number of nitrogens with zero attached hydrogens (tertiary/aromatic N) is 1. The Morgan fingerprint density at radius 3 is 2.71 bits per heavy atom. The monoisotopic (exact) mass is 286 g/mol. The summed E-state index contributed by atoms with van der Waals surface area (Å²) in [5, 5.41) is 3.42. The fraction of sp³-hybridized carbons (Fsp3) is 0.353. The maximum atomic E-state index is 11.7. The van der Waals surface area contributed by atoms with Crippen LogP contribution in [0.5, 0.6) is 5.75 Å². The highest BCUT2D eigenvalue weighted by Crippen LogP contribution is 2.27. The molecule has 2 aromatic rings. The lowest BCUT2D eigenvalue weighted by atomic mass is 10.1. The van der Waals surface area contributed by atoms with Crippen LogP contribution in [0.15, 0.2) is 47.4 Å². The van der Waals surface area contributed by atoms with Crippen LogP contribution >= 0.6 is 0 Å². The van der Waals surface area contributed by atoms with Crippen molar-refractivity contribution >= 4 is 5.69 Å². The number of rotatable bonds is 6. The molecular formula is C17H22N2O2. The largest absolute Gasteiger partial charge is 0.496 e. The normalized spacial score (nSPS) is 12.0. The van der Waals surface area contributed by atoms with E-state index in [4.69, 9.17) is 4.74 Å². The van der Waals surface area contributed by atoms with E-state index in [1.54, 1.807) is 17.7 Å². The molecular weight excluding hydrogens is 264 g/mol. The number of aromatic nitrogens is 1. The standard InChI is InChI=1S/C17H22N2O2/c1-4-11-19-12-14(9-10-17(19)20)18-13(2)15-7-5-6-8-16(15)21-3/h5-10,12-13,18H,4,11H2,1-3H3. The first-order valence-electron chi connectivity index (χ1n) is 7.25. The van der Waals surface area contributed by atoms with Crippen molar-refractivity contribution in [3.05, 3.63) is 58.5 Å². The molecule has 0 fully saturated rings. The molecule has 0 saturated carbocycles. The van der Waals surface area contributed by atoms with Crippen molar-refractivity contribution in [3.63, 3.8) is 0 Å². The zero-order valence-electron chi connectivity index (χ0n) is 12.8. The van der Waals surface area contributed by atoms with Gasteiger partial charge in [-0.2, -0.15) is 0 Å². The Bertz CT molecular complexity index is 649. The van der Waals surface area contributed by atoms with Gasteiger partial charge in [0.15, 0.2) is 0 Å². The van der Waals surface area contributed by atoms with E-state index in [-0.39, 0.29) is 11.6 Å². The Balaban J connectivity index is 2.21. The molecule has 1 heterocycles. The van der Waals surface area contributed by atoms with E-state index >= 15 is 0 Å². The van der Waals surface area contributed by atoms with Crippen LogP contribution in [0.4, 0.5) is 5.69 Å². The molecule has 0 aliphatic carbocycles. The van der Waals surface area contributed by atoms with Gasteiger partial charge in [0.05, 0.1) is 18.8 Å². The molecule has 1 unspecified atom stereocenters. The van der Waals surface area contributed by atoms with Gasteiger partial charge in [0, 0.05) is 24.4 Å². The molecule has 0 radical (unpaired) electrons. The van der Waals surface area contributed by atoms with Crippen molar-refractivity contribution in [2.24, 2.45) is 0 Å². The van der Waals surface area contributed by atoms with Gasteiger partial charge in [-0.1, -0.05) is 25.1 Å². The fourth-order valence-electron chi connectivity index (χ4n) is 2.38. The second-order valence-corrected chi connectivity index (χ2v) is 5.06. The van der Waals surface area contributed by atoms with Crippen LogP contribution in [-0.4, -0.2) is 11.7 Å². The maximum Gasteiger partial charge on any atom is 0.250 e. The summed E-state index contributed by atoms with van der Waals surface area (Å²) >= 11 is 0. The summed E-state index contributed by atoms with van der Waals surface area (Å²) in [5.74, 6) is 0.861. The second-order valence-electron chi connectivity index (χ2n) is 5.06. The lowest BCUT2D eigenvalue weighted by Crippen LogP contribution is -2.19. The predicted molar refractivity (Wildman–Crippen MR) is 86.0 cm³/mol. The number of nitrogens with one attached hydrogen (secondary N) is 1. The highest BCUT2D eigenvalue weighted by molar-refractivity contribution is 5.46. The molecule has 4 heteroatoms. The predicted octanol–water partition coefficient (Wildman–Crippen LogP) is 3.44. The van der Waals surface area contributed by atoms with Crippen molar-refractivity contribution in [1.29, 1.82) is 0 Å². The van der Waals surface area contributed by atoms with Crippen LogP contribution in [0.2, 0.25) is 0 Å². The number of aryl methyl sites for hydroxylation is 1. The third kappa shape index (κ3) is 3.66. The Morgan fingerprint density at radius 2 is 2.00 bits per heavy atom. The Morgan fingerprint density at radius 1 is 1.24 bits per heavy atom. The van der Waals surface area contributed by atoms with Crippen molar-refractivity contribution in [3.8, 4) is 5.75 Å². The van der Waals surface area contributed by atoms with E-state index in [1.165, 1.54) is 0 Å². The molecule has 1 atom stereocenters. The van der Waals surface area contributed by atoms with E-state index in [0.29, 0.717) is 0 Å². The van der Waals surface area contributed by atoms with Gasteiger partial charge >= 0.3 is 0 Å². The summed E-state index contributed by atoms with van der Waals surface area (Å²) < 4.78 is 7.12. The zero-order chi connectivity index (χ0) is 15.2. The van der Waals surface area contributed by atoms with Crippen molar-refractivity contribution in [1.82, 2.24) is 4.57 Å². The molecule has 0 saturated heterocycles.